The number of hydrogen-bond donors (Lipinski definition) is 2. The van der Waals surface area contributed by atoms with E-state index >= 15 is 0 Å². The highest BCUT2D eigenvalue weighted by atomic mass is 35.5. The predicted octanol–water partition coefficient (Wildman–Crippen LogP) is 2.77. The lowest BCUT2D eigenvalue weighted by Crippen LogP contribution is -2.33. The number of hydrogen-bond acceptors (Lipinski definition) is 7. The number of aromatic nitrogens is 4. The first-order valence-corrected chi connectivity index (χ1v) is 9.57. The average molecular weight is 432 g/mol. The van der Waals surface area contributed by atoms with E-state index in [0.29, 0.717) is 24.3 Å². The Labute approximate surface area is 181 Å². The van der Waals surface area contributed by atoms with Gasteiger partial charge in [0.05, 0.1) is 5.69 Å². The van der Waals surface area contributed by atoms with Crippen LogP contribution >= 0.6 is 12.4 Å². The van der Waals surface area contributed by atoms with Gasteiger partial charge in [-0.05, 0) is 59.3 Å². The summed E-state index contributed by atoms with van der Waals surface area (Å²) in [5, 5.41) is 24.6. The fourth-order valence-corrected chi connectivity index (χ4v) is 2.82. The summed E-state index contributed by atoms with van der Waals surface area (Å²) in [7, 11) is 0. The molecule has 2 aromatic carbocycles. The molecule has 0 aliphatic carbocycles. The van der Waals surface area contributed by atoms with Gasteiger partial charge in [0.1, 0.15) is 24.8 Å². The quantitative estimate of drug-likeness (QED) is 0.476. The van der Waals surface area contributed by atoms with E-state index in [1.807, 2.05) is 38.1 Å². The molecule has 160 valence electrons. The summed E-state index contributed by atoms with van der Waals surface area (Å²) in [4.78, 5) is 11.6. The highest BCUT2D eigenvalue weighted by molar-refractivity contribution is 5.95. The second-order valence-corrected chi connectivity index (χ2v) is 6.74. The van der Waals surface area contributed by atoms with Gasteiger partial charge < -0.3 is 15.2 Å². The highest BCUT2D eigenvalue weighted by Gasteiger charge is 2.11. The lowest BCUT2D eigenvalue weighted by molar-refractivity contribution is 0.0986. The normalized spacial score (nSPS) is 12.6. The minimum atomic E-state index is -0.658. The molecule has 1 aromatic heterocycles. The zero-order valence-corrected chi connectivity index (χ0v) is 17.7. The number of aliphatic hydroxyl groups excluding tert-OH is 1. The number of halogens is 1. The largest absolute Gasteiger partial charge is 0.491 e. The Balaban J connectivity index is 0.00000320. The lowest BCUT2D eigenvalue weighted by atomic mass is 10.1. The lowest BCUT2D eigenvalue weighted by Gasteiger charge is -2.18. The van der Waals surface area contributed by atoms with Crippen molar-refractivity contribution in [1.82, 2.24) is 25.5 Å². The first kappa shape index (κ1) is 23.5. The molecule has 0 bridgehead atoms. The van der Waals surface area contributed by atoms with Gasteiger partial charge in [-0.3, -0.25) is 4.79 Å². The molecule has 0 aliphatic rings. The molecule has 0 fully saturated rings. The van der Waals surface area contributed by atoms with Crippen LogP contribution in [0.25, 0.3) is 5.69 Å². The Morgan fingerprint density at radius 1 is 1.17 bits per heavy atom. The van der Waals surface area contributed by atoms with Crippen molar-refractivity contribution < 1.29 is 14.6 Å². The third-order valence-corrected chi connectivity index (χ3v) is 4.61. The number of ether oxygens (including phenoxy) is 1. The van der Waals surface area contributed by atoms with Crippen molar-refractivity contribution in [1.29, 1.82) is 0 Å². The van der Waals surface area contributed by atoms with E-state index in [1.54, 1.807) is 35.3 Å². The van der Waals surface area contributed by atoms with E-state index in [0.717, 1.165) is 11.3 Å². The molecule has 1 heterocycles. The number of nitrogens with one attached hydrogen (secondary N) is 1. The first-order chi connectivity index (χ1) is 14.1. The van der Waals surface area contributed by atoms with Crippen molar-refractivity contribution in [2.75, 3.05) is 13.2 Å². The Hall–Kier alpha value is -2.81. The number of ketones is 1. The second kappa shape index (κ2) is 11.4. The third-order valence-electron chi connectivity index (χ3n) is 4.61. The van der Waals surface area contributed by atoms with E-state index in [-0.39, 0.29) is 30.8 Å². The first-order valence-electron chi connectivity index (χ1n) is 9.57. The van der Waals surface area contributed by atoms with Gasteiger partial charge in [-0.25, -0.2) is 4.68 Å². The molecule has 2 unspecified atom stereocenters. The number of Topliss-reactive ketones (excluding diaryl/α,β-unsaturated/α-hetero) is 1. The van der Waals surface area contributed by atoms with Crippen molar-refractivity contribution >= 4 is 18.2 Å². The number of tetrazole rings is 1. The van der Waals surface area contributed by atoms with Crippen LogP contribution in [0.4, 0.5) is 0 Å². The van der Waals surface area contributed by atoms with Crippen molar-refractivity contribution in [2.24, 2.45) is 0 Å². The summed E-state index contributed by atoms with van der Waals surface area (Å²) in [6, 6.07) is 14.9. The summed E-state index contributed by atoms with van der Waals surface area (Å²) in [6.45, 7) is 4.42. The average Bonchev–Trinajstić information content (AvgIpc) is 3.31. The molecule has 8 nitrogen and oxygen atoms in total. The summed E-state index contributed by atoms with van der Waals surface area (Å²) in [5.74, 6) is 0.726. The maximum Gasteiger partial charge on any atom is 0.162 e. The maximum absolute atomic E-state index is 11.6. The van der Waals surface area contributed by atoms with Crippen molar-refractivity contribution in [3.8, 4) is 11.4 Å². The summed E-state index contributed by atoms with van der Waals surface area (Å²) >= 11 is 0. The molecule has 0 saturated carbocycles. The number of carbonyl (C=O) groups is 1. The van der Waals surface area contributed by atoms with Crippen LogP contribution < -0.4 is 10.1 Å². The Kier molecular flexibility index (Phi) is 8.91. The van der Waals surface area contributed by atoms with E-state index in [9.17, 15) is 9.90 Å². The molecule has 9 heteroatoms. The minimum Gasteiger partial charge on any atom is -0.491 e. The van der Waals surface area contributed by atoms with Crippen LogP contribution in [0.3, 0.4) is 0 Å². The smallest absolute Gasteiger partial charge is 0.162 e. The summed E-state index contributed by atoms with van der Waals surface area (Å²) in [6.07, 6.45) is 1.36. The van der Waals surface area contributed by atoms with Gasteiger partial charge >= 0.3 is 0 Å². The van der Waals surface area contributed by atoms with Gasteiger partial charge in [0.25, 0.3) is 0 Å². The molecule has 2 N–H and O–H groups in total. The number of carbonyl (C=O) groups excluding carboxylic acids is 1. The van der Waals surface area contributed by atoms with Gasteiger partial charge in [0, 0.05) is 24.6 Å². The van der Waals surface area contributed by atoms with Crippen molar-refractivity contribution in [3.63, 3.8) is 0 Å². The SMILES string of the molecule is CCC(=O)c1ccc(OCC(O)CNC(C)c2ccc(-n3cnnn3)cc2)cc1.Cl. The molecule has 0 radical (unpaired) electrons. The van der Waals surface area contributed by atoms with Crippen LogP contribution in [-0.4, -0.2) is 50.4 Å². The molecule has 0 saturated heterocycles. The third kappa shape index (κ3) is 6.35. The van der Waals surface area contributed by atoms with Crippen LogP contribution in [0.2, 0.25) is 0 Å². The number of benzene rings is 2. The minimum absolute atomic E-state index is 0. The molecule has 30 heavy (non-hydrogen) atoms. The number of rotatable bonds is 10. The van der Waals surface area contributed by atoms with Crippen molar-refractivity contribution in [3.05, 3.63) is 66.0 Å². The molecule has 0 amide bonds. The van der Waals surface area contributed by atoms with Crippen LogP contribution in [0.15, 0.2) is 54.9 Å². The van der Waals surface area contributed by atoms with Gasteiger partial charge in [-0.2, -0.15) is 0 Å². The van der Waals surface area contributed by atoms with E-state index in [2.05, 4.69) is 20.8 Å². The topological polar surface area (TPSA) is 102 Å². The fraction of sp³-hybridized carbons (Fsp3) is 0.333. The highest BCUT2D eigenvalue weighted by Crippen LogP contribution is 2.16. The van der Waals surface area contributed by atoms with Crippen LogP contribution in [0.5, 0.6) is 5.75 Å². The van der Waals surface area contributed by atoms with Gasteiger partial charge in [-0.1, -0.05) is 19.1 Å². The van der Waals surface area contributed by atoms with Crippen LogP contribution in [-0.2, 0) is 0 Å². The standard InChI is InChI=1S/C21H25N5O3.ClH/c1-3-21(28)17-6-10-20(11-7-17)29-13-19(27)12-22-15(2)16-4-8-18(9-5-16)26-14-23-24-25-26;/h4-11,14-15,19,22,27H,3,12-13H2,1-2H3;1H. The van der Waals surface area contributed by atoms with Crippen molar-refractivity contribution in [2.45, 2.75) is 32.4 Å². The number of aliphatic hydroxyl groups is 1. The van der Waals surface area contributed by atoms with E-state index in [4.69, 9.17) is 4.74 Å². The molecule has 3 rings (SSSR count). The fourth-order valence-electron chi connectivity index (χ4n) is 2.82. The molecule has 0 aliphatic heterocycles. The molecule has 0 spiro atoms. The second-order valence-electron chi connectivity index (χ2n) is 6.74. The van der Waals surface area contributed by atoms with Gasteiger partial charge in [0.15, 0.2) is 5.78 Å². The maximum atomic E-state index is 11.6. The van der Waals surface area contributed by atoms with Gasteiger partial charge in [-0.15, -0.1) is 17.5 Å². The summed E-state index contributed by atoms with van der Waals surface area (Å²) in [5.41, 5.74) is 2.64. The number of nitrogens with zero attached hydrogens (tertiary/aromatic N) is 4. The Morgan fingerprint density at radius 2 is 1.87 bits per heavy atom. The van der Waals surface area contributed by atoms with E-state index in [1.165, 1.54) is 0 Å². The Bertz CT molecular complexity index is 901. The molecular weight excluding hydrogens is 406 g/mol. The van der Waals surface area contributed by atoms with Crippen LogP contribution in [0.1, 0.15) is 42.2 Å². The molecule has 3 aromatic rings. The predicted molar refractivity (Wildman–Crippen MR) is 115 cm³/mol. The monoisotopic (exact) mass is 431 g/mol. The van der Waals surface area contributed by atoms with Gasteiger partial charge in [0.2, 0.25) is 0 Å². The molecule has 2 atom stereocenters. The summed E-state index contributed by atoms with van der Waals surface area (Å²) < 4.78 is 7.20. The zero-order valence-electron chi connectivity index (χ0n) is 16.9. The van der Waals surface area contributed by atoms with E-state index < -0.39 is 6.10 Å². The van der Waals surface area contributed by atoms with Crippen LogP contribution in [0, 0.1) is 0 Å². The zero-order chi connectivity index (χ0) is 20.6. The molecular formula is C21H26ClN5O3. The Morgan fingerprint density at radius 3 is 2.47 bits per heavy atom.